The maximum absolute atomic E-state index is 11.0. The molecule has 0 unspecified atom stereocenters. The van der Waals surface area contributed by atoms with Crippen LogP contribution in [-0.2, 0) is 4.79 Å². The lowest BCUT2D eigenvalue weighted by Gasteiger charge is -2.25. The number of nitro benzene ring substituents is 1. The first-order valence-corrected chi connectivity index (χ1v) is 5.87. The smallest absolute Gasteiger partial charge is 0.276 e. The van der Waals surface area contributed by atoms with Gasteiger partial charge in [0, 0.05) is 18.2 Å². The van der Waals surface area contributed by atoms with Crippen molar-refractivity contribution in [2.24, 2.45) is 0 Å². The fraction of sp³-hybridized carbons (Fsp3) is 0.250. The summed E-state index contributed by atoms with van der Waals surface area (Å²) in [5.74, 6) is 0. The van der Waals surface area contributed by atoms with Crippen LogP contribution in [0.5, 0.6) is 0 Å². The second-order valence-corrected chi connectivity index (χ2v) is 4.30. The number of amides is 1. The molecular formula is C12H11ClN2O3. The molecule has 5 nitrogen and oxygen atoms in total. The number of hydrogen-bond donors (Lipinski definition) is 0. The Morgan fingerprint density at radius 3 is 2.78 bits per heavy atom. The number of rotatable bonds is 3. The Hall–Kier alpha value is -1.88. The van der Waals surface area contributed by atoms with Crippen LogP contribution in [0.4, 0.5) is 5.69 Å². The van der Waals surface area contributed by atoms with E-state index in [0.717, 1.165) is 6.42 Å². The van der Waals surface area contributed by atoms with Crippen LogP contribution in [0, 0.1) is 10.1 Å². The van der Waals surface area contributed by atoms with E-state index in [9.17, 15) is 14.9 Å². The van der Waals surface area contributed by atoms with Gasteiger partial charge in [0.2, 0.25) is 6.41 Å². The largest absolute Gasteiger partial charge is 0.305 e. The van der Waals surface area contributed by atoms with Crippen molar-refractivity contribution in [3.63, 3.8) is 0 Å². The van der Waals surface area contributed by atoms with Gasteiger partial charge in [0.1, 0.15) is 5.16 Å². The van der Waals surface area contributed by atoms with Crippen LogP contribution in [0.1, 0.15) is 18.4 Å². The normalized spacial score (nSPS) is 15.7. The van der Waals surface area contributed by atoms with Gasteiger partial charge >= 0.3 is 0 Å². The molecule has 0 N–H and O–H groups in total. The van der Waals surface area contributed by atoms with Crippen molar-refractivity contribution < 1.29 is 9.72 Å². The average molecular weight is 267 g/mol. The zero-order valence-corrected chi connectivity index (χ0v) is 10.3. The molecule has 1 heterocycles. The predicted octanol–water partition coefficient (Wildman–Crippen LogP) is 2.75. The van der Waals surface area contributed by atoms with Crippen molar-refractivity contribution in [2.45, 2.75) is 12.8 Å². The third kappa shape index (κ3) is 2.22. The van der Waals surface area contributed by atoms with E-state index in [-0.39, 0.29) is 10.8 Å². The Bertz CT molecular complexity index is 528. The van der Waals surface area contributed by atoms with Gasteiger partial charge in [0.15, 0.2) is 0 Å². The van der Waals surface area contributed by atoms with E-state index in [1.165, 1.54) is 11.0 Å². The number of nitro groups is 1. The van der Waals surface area contributed by atoms with Crippen molar-refractivity contribution in [2.75, 3.05) is 6.54 Å². The van der Waals surface area contributed by atoms with Gasteiger partial charge in [-0.2, -0.15) is 0 Å². The minimum atomic E-state index is -0.438. The van der Waals surface area contributed by atoms with Crippen LogP contribution in [0.3, 0.4) is 0 Å². The Labute approximate surface area is 109 Å². The first-order valence-electron chi connectivity index (χ1n) is 5.49. The maximum atomic E-state index is 11.0. The summed E-state index contributed by atoms with van der Waals surface area (Å²) in [4.78, 5) is 22.8. The summed E-state index contributed by atoms with van der Waals surface area (Å²) in [7, 11) is 0. The number of allylic oxidation sites excluding steroid dienone is 1. The molecule has 0 spiro atoms. The number of benzene rings is 1. The molecule has 18 heavy (non-hydrogen) atoms. The van der Waals surface area contributed by atoms with Crippen LogP contribution in [-0.4, -0.2) is 22.8 Å². The third-order valence-electron chi connectivity index (χ3n) is 2.88. The van der Waals surface area contributed by atoms with Gasteiger partial charge in [-0.15, -0.1) is 0 Å². The second-order valence-electron chi connectivity index (χ2n) is 3.95. The maximum Gasteiger partial charge on any atom is 0.276 e. The molecule has 94 valence electrons. The van der Waals surface area contributed by atoms with E-state index in [1.54, 1.807) is 18.2 Å². The molecule has 0 bridgehead atoms. The molecule has 0 aromatic heterocycles. The van der Waals surface area contributed by atoms with E-state index in [0.29, 0.717) is 30.5 Å². The van der Waals surface area contributed by atoms with Crippen LogP contribution in [0.2, 0.25) is 0 Å². The molecule has 0 fully saturated rings. The van der Waals surface area contributed by atoms with Crippen LogP contribution >= 0.6 is 11.6 Å². The van der Waals surface area contributed by atoms with Crippen LogP contribution in [0.25, 0.3) is 5.57 Å². The summed E-state index contributed by atoms with van der Waals surface area (Å²) in [6, 6.07) is 6.42. The van der Waals surface area contributed by atoms with E-state index in [4.69, 9.17) is 11.6 Å². The molecule has 0 aliphatic carbocycles. The molecule has 1 aliphatic rings. The minimum Gasteiger partial charge on any atom is -0.305 e. The minimum absolute atomic E-state index is 0.0124. The van der Waals surface area contributed by atoms with Crippen molar-refractivity contribution in [1.82, 2.24) is 4.90 Å². The summed E-state index contributed by atoms with van der Waals surface area (Å²) >= 11 is 6.11. The Morgan fingerprint density at radius 1 is 1.39 bits per heavy atom. The Balaban J connectivity index is 2.54. The van der Waals surface area contributed by atoms with Crippen molar-refractivity contribution in [3.05, 3.63) is 45.1 Å². The van der Waals surface area contributed by atoms with E-state index < -0.39 is 4.92 Å². The number of carbonyl (C=O) groups is 1. The monoisotopic (exact) mass is 266 g/mol. The highest BCUT2D eigenvalue weighted by Crippen LogP contribution is 2.36. The predicted molar refractivity (Wildman–Crippen MR) is 67.9 cm³/mol. The van der Waals surface area contributed by atoms with Gasteiger partial charge in [-0.1, -0.05) is 23.7 Å². The molecule has 1 aromatic rings. The lowest BCUT2D eigenvalue weighted by atomic mass is 9.98. The van der Waals surface area contributed by atoms with Crippen molar-refractivity contribution in [1.29, 1.82) is 0 Å². The highest BCUT2D eigenvalue weighted by Gasteiger charge is 2.24. The first kappa shape index (κ1) is 12.6. The molecule has 1 aromatic carbocycles. The quantitative estimate of drug-likeness (QED) is 0.366. The zero-order valence-electron chi connectivity index (χ0n) is 9.51. The summed E-state index contributed by atoms with van der Waals surface area (Å²) in [5, 5.41) is 11.3. The molecule has 2 rings (SSSR count). The van der Waals surface area contributed by atoms with E-state index in [1.807, 2.05) is 0 Å². The molecular weight excluding hydrogens is 256 g/mol. The highest BCUT2D eigenvalue weighted by atomic mass is 35.5. The van der Waals surface area contributed by atoms with Crippen molar-refractivity contribution >= 4 is 29.3 Å². The number of hydrogen-bond acceptors (Lipinski definition) is 3. The van der Waals surface area contributed by atoms with E-state index in [2.05, 4.69) is 0 Å². The Morgan fingerprint density at radius 2 is 2.11 bits per heavy atom. The Kier molecular flexibility index (Phi) is 3.62. The standard InChI is InChI=1S/C12H11ClN2O3/c13-12-10(5-3-7-14(12)8-16)9-4-1-2-6-11(9)15(17)18/h1-2,4,6,8H,3,5,7H2. The van der Waals surface area contributed by atoms with Gasteiger partial charge in [-0.3, -0.25) is 14.9 Å². The molecule has 0 saturated heterocycles. The van der Waals surface area contributed by atoms with Gasteiger partial charge in [-0.25, -0.2) is 0 Å². The number of nitrogens with zero attached hydrogens (tertiary/aromatic N) is 2. The van der Waals surface area contributed by atoms with Gasteiger partial charge < -0.3 is 4.90 Å². The highest BCUT2D eigenvalue weighted by molar-refractivity contribution is 6.33. The lowest BCUT2D eigenvalue weighted by Crippen LogP contribution is -2.24. The molecule has 1 aliphatic heterocycles. The fourth-order valence-corrected chi connectivity index (χ4v) is 2.35. The molecule has 0 saturated carbocycles. The number of halogens is 1. The molecule has 0 atom stereocenters. The summed E-state index contributed by atoms with van der Waals surface area (Å²) in [5.41, 5.74) is 1.15. The number of para-hydroxylation sites is 1. The third-order valence-corrected chi connectivity index (χ3v) is 3.33. The summed E-state index contributed by atoms with van der Waals surface area (Å²) in [6.07, 6.45) is 2.03. The summed E-state index contributed by atoms with van der Waals surface area (Å²) < 4.78 is 0. The van der Waals surface area contributed by atoms with Gasteiger partial charge in [0.05, 0.1) is 10.5 Å². The fourth-order valence-electron chi connectivity index (χ4n) is 2.03. The van der Waals surface area contributed by atoms with E-state index >= 15 is 0 Å². The second kappa shape index (κ2) is 5.18. The van der Waals surface area contributed by atoms with Crippen LogP contribution < -0.4 is 0 Å². The summed E-state index contributed by atoms with van der Waals surface area (Å²) in [6.45, 7) is 0.548. The zero-order chi connectivity index (χ0) is 13.1. The first-order chi connectivity index (χ1) is 8.65. The van der Waals surface area contributed by atoms with Gasteiger partial charge in [-0.05, 0) is 18.9 Å². The molecule has 0 radical (unpaired) electrons. The topological polar surface area (TPSA) is 63.5 Å². The van der Waals surface area contributed by atoms with Crippen molar-refractivity contribution in [3.8, 4) is 0 Å². The lowest BCUT2D eigenvalue weighted by molar-refractivity contribution is -0.385. The average Bonchev–Trinajstić information content (AvgIpc) is 2.39. The number of carbonyl (C=O) groups excluding carboxylic acids is 1. The molecule has 1 amide bonds. The SMILES string of the molecule is O=CN1CCCC(c2ccccc2[N+](=O)[O-])=C1Cl. The molecule has 6 heteroatoms. The van der Waals surface area contributed by atoms with Crippen LogP contribution in [0.15, 0.2) is 29.4 Å². The van der Waals surface area contributed by atoms with Gasteiger partial charge in [0.25, 0.3) is 5.69 Å².